The summed E-state index contributed by atoms with van der Waals surface area (Å²) in [5.41, 5.74) is 0. The Morgan fingerprint density at radius 3 is 1.63 bits per heavy atom. The minimum absolute atomic E-state index is 0.737. The predicted molar refractivity (Wildman–Crippen MR) is 79.5 cm³/mol. The Kier molecular flexibility index (Phi) is 7.68. The molecule has 0 amide bonds. The summed E-state index contributed by atoms with van der Waals surface area (Å²) in [6.45, 7) is -1.61. The smallest absolute Gasteiger partial charge is 0.394 e. The van der Waals surface area contributed by atoms with Crippen molar-refractivity contribution in [2.45, 2.75) is 61.4 Å². The molecule has 27 heavy (non-hydrogen) atoms. The molecule has 15 heteroatoms. The van der Waals surface area contributed by atoms with Gasteiger partial charge >= 0.3 is 7.82 Å². The van der Waals surface area contributed by atoms with Crippen LogP contribution in [0.2, 0.25) is 0 Å². The van der Waals surface area contributed by atoms with Gasteiger partial charge in [-0.3, -0.25) is 4.52 Å². The van der Waals surface area contributed by atoms with Gasteiger partial charge in [0.05, 0.1) is 13.2 Å². The Hall–Kier alpha value is -0.290. The van der Waals surface area contributed by atoms with Crippen molar-refractivity contribution in [1.29, 1.82) is 0 Å². The van der Waals surface area contributed by atoms with Crippen molar-refractivity contribution in [1.82, 2.24) is 0 Å². The van der Waals surface area contributed by atoms with Crippen LogP contribution in [0.3, 0.4) is 0 Å². The fraction of sp³-hybridized carbons (Fsp3) is 1.00. The molecule has 5 unspecified atom stereocenters. The molecule has 2 saturated heterocycles. The van der Waals surface area contributed by atoms with Crippen LogP contribution in [0.5, 0.6) is 0 Å². The van der Waals surface area contributed by atoms with Crippen molar-refractivity contribution in [3.63, 3.8) is 0 Å². The van der Waals surface area contributed by atoms with E-state index < -0.39 is 82.4 Å². The second-order valence-electron chi connectivity index (χ2n) is 6.13. The third-order valence-electron chi connectivity index (χ3n) is 4.19. The highest BCUT2D eigenvalue weighted by atomic mass is 31.2. The molecule has 9 N–H and O–H groups in total. The van der Waals surface area contributed by atoms with Gasteiger partial charge in [-0.1, -0.05) is 0 Å². The van der Waals surface area contributed by atoms with Gasteiger partial charge in [0.25, 0.3) is 0 Å². The maximum Gasteiger partial charge on any atom is 0.469 e. The van der Waals surface area contributed by atoms with Crippen LogP contribution in [-0.4, -0.2) is 120 Å². The molecule has 0 spiro atoms. The summed E-state index contributed by atoms with van der Waals surface area (Å²) < 4.78 is 30.3. The molecule has 2 aliphatic heterocycles. The number of ether oxygens (including phenoxy) is 3. The van der Waals surface area contributed by atoms with Gasteiger partial charge in [-0.15, -0.1) is 0 Å². The van der Waals surface area contributed by atoms with E-state index in [-0.39, 0.29) is 0 Å². The van der Waals surface area contributed by atoms with E-state index in [0.29, 0.717) is 0 Å². The van der Waals surface area contributed by atoms with Crippen molar-refractivity contribution in [3.05, 3.63) is 0 Å². The third kappa shape index (κ3) is 5.41. The van der Waals surface area contributed by atoms with Crippen LogP contribution in [0.1, 0.15) is 0 Å². The summed E-state index contributed by atoms with van der Waals surface area (Å²) in [5.74, 6) is 0. The summed E-state index contributed by atoms with van der Waals surface area (Å²) in [6.07, 6.45) is -17.1. The first-order chi connectivity index (χ1) is 12.5. The highest BCUT2D eigenvalue weighted by molar-refractivity contribution is 7.46. The lowest BCUT2D eigenvalue weighted by molar-refractivity contribution is -0.376. The maximum atomic E-state index is 10.8. The molecule has 0 bridgehead atoms. The fourth-order valence-electron chi connectivity index (χ4n) is 2.65. The van der Waals surface area contributed by atoms with Gasteiger partial charge in [0.2, 0.25) is 0 Å². The van der Waals surface area contributed by atoms with Gasteiger partial charge < -0.3 is 59.7 Å². The molecule has 14 nitrogen and oxygen atoms in total. The Bertz CT molecular complexity index is 526. The first-order valence-corrected chi connectivity index (χ1v) is 9.35. The number of aliphatic hydroxyl groups is 7. The Labute approximate surface area is 152 Å². The van der Waals surface area contributed by atoms with Crippen LogP contribution in [0, 0.1) is 0 Å². The molecule has 0 radical (unpaired) electrons. The third-order valence-corrected chi connectivity index (χ3v) is 4.68. The molecule has 2 rings (SSSR count). The second kappa shape index (κ2) is 9.02. The standard InChI is InChI=1S/C12H23O14P/c13-1-3-5(14)7(16)9(18)11(24-3)26-12-10(19)8(17)6(15)4(25-12)2-23-27(20,21)22/h3-19H,1-2H2,(H2,20,21,22)/t3?,4?,5-,6-,7+,8?,9?,10?,11-,12-/m1/s1. The van der Waals surface area contributed by atoms with Crippen molar-refractivity contribution in [2.24, 2.45) is 0 Å². The summed E-state index contributed by atoms with van der Waals surface area (Å²) in [5, 5.41) is 68.1. The molecule has 2 aliphatic rings. The van der Waals surface area contributed by atoms with E-state index in [0.717, 1.165) is 0 Å². The molecule has 2 heterocycles. The molecule has 0 aromatic rings. The van der Waals surface area contributed by atoms with E-state index in [1.165, 1.54) is 0 Å². The number of rotatable bonds is 6. The van der Waals surface area contributed by atoms with Gasteiger partial charge in [-0.05, 0) is 0 Å². The van der Waals surface area contributed by atoms with Crippen LogP contribution in [0.25, 0.3) is 0 Å². The fourth-order valence-corrected chi connectivity index (χ4v) is 2.99. The zero-order chi connectivity index (χ0) is 20.5. The minimum Gasteiger partial charge on any atom is -0.394 e. The summed E-state index contributed by atoms with van der Waals surface area (Å²) in [6, 6.07) is 0. The number of hydrogen-bond donors (Lipinski definition) is 9. The lowest BCUT2D eigenvalue weighted by atomic mass is 9.98. The van der Waals surface area contributed by atoms with E-state index in [2.05, 4.69) is 4.52 Å². The first kappa shape index (κ1) is 23.0. The Balaban J connectivity index is 2.08. The first-order valence-electron chi connectivity index (χ1n) is 7.82. The maximum absolute atomic E-state index is 10.8. The number of hydrogen-bond acceptors (Lipinski definition) is 12. The molecule has 2 fully saturated rings. The SMILES string of the molecule is O=P(O)(O)OCC1O[C@H](O[C@H]2OC(CO)[C@@H](O)[C@H](O)C2O)C(O)C(O)[C@@H]1O. The van der Waals surface area contributed by atoms with Crippen molar-refractivity contribution in [2.75, 3.05) is 13.2 Å². The van der Waals surface area contributed by atoms with Crippen molar-refractivity contribution < 1.29 is 68.8 Å². The van der Waals surface area contributed by atoms with Crippen LogP contribution in [0.4, 0.5) is 0 Å². The van der Waals surface area contributed by atoms with Crippen LogP contribution in [-0.2, 0) is 23.3 Å². The molecule has 0 aromatic heterocycles. The van der Waals surface area contributed by atoms with E-state index in [9.17, 15) is 35.2 Å². The minimum atomic E-state index is -4.92. The van der Waals surface area contributed by atoms with Crippen LogP contribution in [0.15, 0.2) is 0 Å². The molecular formula is C12H23O14P. The highest BCUT2D eigenvalue weighted by Crippen LogP contribution is 2.37. The topological polar surface area (TPSA) is 236 Å². The average Bonchev–Trinajstić information content (AvgIpc) is 2.60. The number of phosphoric ester groups is 1. The molecule has 0 saturated carbocycles. The van der Waals surface area contributed by atoms with Gasteiger partial charge in [0.15, 0.2) is 12.6 Å². The zero-order valence-electron chi connectivity index (χ0n) is 13.7. The predicted octanol–water partition coefficient (Wildman–Crippen LogP) is -5.28. The van der Waals surface area contributed by atoms with Crippen LogP contribution >= 0.6 is 7.82 Å². The van der Waals surface area contributed by atoms with Crippen molar-refractivity contribution in [3.8, 4) is 0 Å². The van der Waals surface area contributed by atoms with Gasteiger partial charge in [0.1, 0.15) is 48.8 Å². The average molecular weight is 422 g/mol. The van der Waals surface area contributed by atoms with Gasteiger partial charge in [0, 0.05) is 0 Å². The van der Waals surface area contributed by atoms with Gasteiger partial charge in [-0.2, -0.15) is 0 Å². The summed E-state index contributed by atoms with van der Waals surface area (Å²) in [7, 11) is -4.92. The number of aliphatic hydroxyl groups excluding tert-OH is 7. The Morgan fingerprint density at radius 2 is 1.19 bits per heavy atom. The molecule has 10 atom stereocenters. The molecule has 0 aliphatic carbocycles. The van der Waals surface area contributed by atoms with E-state index in [1.54, 1.807) is 0 Å². The number of phosphoric acid groups is 1. The molecule has 0 aromatic carbocycles. The lowest BCUT2D eigenvalue weighted by Crippen LogP contribution is -2.63. The van der Waals surface area contributed by atoms with E-state index in [1.807, 2.05) is 0 Å². The van der Waals surface area contributed by atoms with Gasteiger partial charge in [-0.25, -0.2) is 4.57 Å². The molecular weight excluding hydrogens is 399 g/mol. The lowest BCUT2D eigenvalue weighted by Gasteiger charge is -2.44. The Morgan fingerprint density at radius 1 is 0.741 bits per heavy atom. The monoisotopic (exact) mass is 422 g/mol. The van der Waals surface area contributed by atoms with E-state index in [4.69, 9.17) is 29.1 Å². The van der Waals surface area contributed by atoms with E-state index >= 15 is 0 Å². The molecule has 160 valence electrons. The largest absolute Gasteiger partial charge is 0.469 e. The highest BCUT2D eigenvalue weighted by Gasteiger charge is 2.49. The normalized spacial score (nSPS) is 46.4. The van der Waals surface area contributed by atoms with Crippen LogP contribution < -0.4 is 0 Å². The second-order valence-corrected chi connectivity index (χ2v) is 7.37. The quantitative estimate of drug-likeness (QED) is 0.182. The summed E-state index contributed by atoms with van der Waals surface area (Å²) in [4.78, 5) is 17.4. The van der Waals surface area contributed by atoms with Crippen molar-refractivity contribution >= 4 is 7.82 Å². The summed E-state index contributed by atoms with van der Waals surface area (Å²) >= 11 is 0. The zero-order valence-corrected chi connectivity index (χ0v) is 14.6.